The number of hydrogen-bond acceptors (Lipinski definition) is 4. The number of aliphatic hydroxyl groups excluding tert-OH is 1. The Labute approximate surface area is 127 Å². The molecule has 0 aliphatic carbocycles. The molecule has 1 aromatic heterocycles. The van der Waals surface area contributed by atoms with Gasteiger partial charge in [-0.05, 0) is 18.6 Å². The second-order valence-corrected chi connectivity index (χ2v) is 6.36. The number of rotatable bonds is 6. The van der Waals surface area contributed by atoms with Crippen molar-refractivity contribution in [2.45, 2.75) is 25.0 Å². The van der Waals surface area contributed by atoms with Crippen molar-refractivity contribution in [3.63, 3.8) is 0 Å². The molecule has 0 bridgehead atoms. The molecule has 1 aromatic rings. The molecule has 0 spiro atoms. The van der Waals surface area contributed by atoms with E-state index in [1.165, 1.54) is 6.20 Å². The lowest BCUT2D eigenvalue weighted by molar-refractivity contribution is 0.0948. The smallest absolute Gasteiger partial charge is 0.269 e. The number of amides is 1. The average Bonchev–Trinajstić information content (AvgIpc) is 2.47. The van der Waals surface area contributed by atoms with E-state index in [9.17, 15) is 9.00 Å². The van der Waals surface area contributed by atoms with Gasteiger partial charge in [0.1, 0.15) is 5.69 Å². The van der Waals surface area contributed by atoms with Crippen LogP contribution in [0.2, 0.25) is 0 Å². The molecule has 0 saturated heterocycles. The number of hydrogen-bond donors (Lipinski definition) is 2. The first-order chi connectivity index (χ1) is 10.0. The third-order valence-corrected chi connectivity index (χ3v) is 4.24. The van der Waals surface area contributed by atoms with Crippen LogP contribution in [-0.4, -0.2) is 44.9 Å². The molecule has 1 amide bonds. The van der Waals surface area contributed by atoms with E-state index in [0.717, 1.165) is 0 Å². The molecule has 0 fully saturated rings. The molecule has 21 heavy (non-hydrogen) atoms. The topological polar surface area (TPSA) is 79.3 Å². The van der Waals surface area contributed by atoms with Gasteiger partial charge in [0.15, 0.2) is 0 Å². The van der Waals surface area contributed by atoms with Gasteiger partial charge < -0.3 is 10.4 Å². The number of aromatic nitrogens is 1. The first kappa shape index (κ1) is 17.3. The first-order valence-corrected chi connectivity index (χ1v) is 8.33. The molecule has 5 nitrogen and oxygen atoms in total. The molecule has 1 rings (SSSR count). The SMILES string of the molecule is CC(CCNC(=O)c1ccc(C#CCCO)cn1)S(C)=O. The number of carbonyl (C=O) groups is 1. The zero-order chi connectivity index (χ0) is 15.7. The van der Waals surface area contributed by atoms with Crippen LogP contribution in [0.1, 0.15) is 35.8 Å². The minimum atomic E-state index is -0.877. The highest BCUT2D eigenvalue weighted by atomic mass is 32.2. The summed E-state index contributed by atoms with van der Waals surface area (Å²) < 4.78 is 11.2. The van der Waals surface area contributed by atoms with Crippen molar-refractivity contribution in [3.8, 4) is 11.8 Å². The lowest BCUT2D eigenvalue weighted by atomic mass is 10.2. The van der Waals surface area contributed by atoms with Crippen molar-refractivity contribution in [2.75, 3.05) is 19.4 Å². The van der Waals surface area contributed by atoms with Crippen LogP contribution in [0.5, 0.6) is 0 Å². The lowest BCUT2D eigenvalue weighted by Crippen LogP contribution is -2.28. The van der Waals surface area contributed by atoms with Gasteiger partial charge in [0.2, 0.25) is 0 Å². The highest BCUT2D eigenvalue weighted by molar-refractivity contribution is 7.84. The summed E-state index contributed by atoms with van der Waals surface area (Å²) in [4.78, 5) is 15.9. The Bertz CT molecular complexity index is 546. The van der Waals surface area contributed by atoms with Gasteiger partial charge in [-0.1, -0.05) is 18.8 Å². The van der Waals surface area contributed by atoms with Gasteiger partial charge in [0.05, 0.1) is 6.61 Å². The van der Waals surface area contributed by atoms with Crippen LogP contribution in [-0.2, 0) is 10.8 Å². The highest BCUT2D eigenvalue weighted by Crippen LogP contribution is 2.01. The number of carbonyl (C=O) groups excluding carboxylic acids is 1. The summed E-state index contributed by atoms with van der Waals surface area (Å²) in [6, 6.07) is 3.33. The predicted octanol–water partition coefficient (Wildman–Crippen LogP) is 0.702. The number of nitrogens with one attached hydrogen (secondary N) is 1. The number of pyridine rings is 1. The van der Waals surface area contributed by atoms with Crippen LogP contribution in [0.25, 0.3) is 0 Å². The van der Waals surface area contributed by atoms with E-state index in [1.54, 1.807) is 18.4 Å². The molecule has 1 heterocycles. The van der Waals surface area contributed by atoms with E-state index < -0.39 is 10.8 Å². The minimum absolute atomic E-state index is 0.0297. The molecule has 0 aromatic carbocycles. The molecular formula is C15H20N2O3S. The molecule has 2 unspecified atom stereocenters. The van der Waals surface area contributed by atoms with Crippen molar-refractivity contribution >= 4 is 16.7 Å². The molecule has 114 valence electrons. The average molecular weight is 308 g/mol. The van der Waals surface area contributed by atoms with Crippen molar-refractivity contribution in [1.82, 2.24) is 10.3 Å². The maximum absolute atomic E-state index is 11.8. The molecule has 6 heteroatoms. The lowest BCUT2D eigenvalue weighted by Gasteiger charge is -2.08. The van der Waals surface area contributed by atoms with Crippen LogP contribution in [0.4, 0.5) is 0 Å². The molecule has 0 saturated carbocycles. The summed E-state index contributed by atoms with van der Waals surface area (Å²) in [6.45, 7) is 2.39. The van der Waals surface area contributed by atoms with Crippen LogP contribution < -0.4 is 5.32 Å². The quantitative estimate of drug-likeness (QED) is 0.758. The Balaban J connectivity index is 2.48. The fourth-order valence-electron chi connectivity index (χ4n) is 1.47. The van der Waals surface area contributed by atoms with E-state index in [2.05, 4.69) is 22.1 Å². The Hall–Kier alpha value is -1.71. The second-order valence-electron chi connectivity index (χ2n) is 4.56. The molecule has 0 aliphatic heterocycles. The van der Waals surface area contributed by atoms with E-state index in [-0.39, 0.29) is 17.8 Å². The Morgan fingerprint density at radius 2 is 2.29 bits per heavy atom. The van der Waals surface area contributed by atoms with Gasteiger partial charge in [-0.3, -0.25) is 9.00 Å². The van der Waals surface area contributed by atoms with Crippen molar-refractivity contribution < 1.29 is 14.1 Å². The summed E-state index contributed by atoms with van der Waals surface area (Å²) in [6.07, 6.45) is 4.27. The fourth-order valence-corrected chi connectivity index (χ4v) is 1.92. The molecule has 0 aliphatic rings. The summed E-state index contributed by atoms with van der Waals surface area (Å²) in [5.74, 6) is 5.38. The fraction of sp³-hybridized carbons (Fsp3) is 0.467. The van der Waals surface area contributed by atoms with Crippen LogP contribution in [0.15, 0.2) is 18.3 Å². The highest BCUT2D eigenvalue weighted by Gasteiger charge is 2.09. The third kappa shape index (κ3) is 6.52. The maximum atomic E-state index is 11.8. The molecule has 0 radical (unpaired) electrons. The number of nitrogens with zero attached hydrogens (tertiary/aromatic N) is 1. The van der Waals surface area contributed by atoms with E-state index in [4.69, 9.17) is 5.11 Å². The van der Waals surface area contributed by atoms with E-state index in [1.807, 2.05) is 6.92 Å². The van der Waals surface area contributed by atoms with Crippen LogP contribution in [0.3, 0.4) is 0 Å². The zero-order valence-electron chi connectivity index (χ0n) is 12.3. The van der Waals surface area contributed by atoms with E-state index in [0.29, 0.717) is 30.6 Å². The monoisotopic (exact) mass is 308 g/mol. The minimum Gasteiger partial charge on any atom is -0.395 e. The third-order valence-electron chi connectivity index (χ3n) is 2.87. The standard InChI is InChI=1S/C15H20N2O3S/c1-12(21(2)20)8-9-16-15(19)14-7-6-13(11-17-14)5-3-4-10-18/h6-7,11-12,18H,4,8-10H2,1-2H3,(H,16,19). The van der Waals surface area contributed by atoms with Crippen molar-refractivity contribution in [1.29, 1.82) is 0 Å². The van der Waals surface area contributed by atoms with Crippen LogP contribution in [0, 0.1) is 11.8 Å². The Morgan fingerprint density at radius 3 is 2.86 bits per heavy atom. The second kappa shape index (κ2) is 9.27. The molecule has 2 N–H and O–H groups in total. The maximum Gasteiger partial charge on any atom is 0.269 e. The molecule has 2 atom stereocenters. The predicted molar refractivity (Wildman–Crippen MR) is 83.3 cm³/mol. The summed E-state index contributed by atoms with van der Waals surface area (Å²) in [7, 11) is -0.877. The van der Waals surface area contributed by atoms with Crippen molar-refractivity contribution in [2.24, 2.45) is 0 Å². The van der Waals surface area contributed by atoms with Crippen LogP contribution >= 0.6 is 0 Å². The number of aliphatic hydroxyl groups is 1. The largest absolute Gasteiger partial charge is 0.395 e. The van der Waals surface area contributed by atoms with Gasteiger partial charge in [-0.15, -0.1) is 0 Å². The van der Waals surface area contributed by atoms with Gasteiger partial charge in [0.25, 0.3) is 5.91 Å². The summed E-state index contributed by atoms with van der Waals surface area (Å²) >= 11 is 0. The summed E-state index contributed by atoms with van der Waals surface area (Å²) in [5.41, 5.74) is 1.03. The Morgan fingerprint density at radius 1 is 1.52 bits per heavy atom. The first-order valence-electron chi connectivity index (χ1n) is 6.70. The van der Waals surface area contributed by atoms with Gasteiger partial charge in [-0.25, -0.2) is 4.98 Å². The molecular weight excluding hydrogens is 288 g/mol. The zero-order valence-corrected chi connectivity index (χ0v) is 13.1. The summed E-state index contributed by atoms with van der Waals surface area (Å²) in [5, 5.41) is 11.4. The van der Waals surface area contributed by atoms with Gasteiger partial charge >= 0.3 is 0 Å². The van der Waals surface area contributed by atoms with E-state index >= 15 is 0 Å². The van der Waals surface area contributed by atoms with Gasteiger partial charge in [-0.2, -0.15) is 0 Å². The normalized spacial score (nSPS) is 12.9. The Kier molecular flexibility index (Phi) is 7.65. The van der Waals surface area contributed by atoms with Crippen molar-refractivity contribution in [3.05, 3.63) is 29.6 Å². The van der Waals surface area contributed by atoms with Gasteiger partial charge in [0, 0.05) is 47.0 Å².